The second-order valence-corrected chi connectivity index (χ2v) is 8.22. The maximum atomic E-state index is 13.3. The Labute approximate surface area is 148 Å². The highest BCUT2D eigenvalue weighted by Crippen LogP contribution is 2.26. The van der Waals surface area contributed by atoms with Gasteiger partial charge in [0.15, 0.2) is 0 Å². The van der Waals surface area contributed by atoms with Gasteiger partial charge in [0.05, 0.1) is 0 Å². The number of halogens is 1. The second kappa shape index (κ2) is 8.34. The van der Waals surface area contributed by atoms with Gasteiger partial charge in [-0.25, -0.2) is 4.39 Å². The first-order valence-electron chi connectivity index (χ1n) is 8.99. The molecule has 0 spiro atoms. The van der Waals surface area contributed by atoms with Crippen molar-refractivity contribution in [2.75, 3.05) is 31.1 Å². The minimum Gasteiger partial charge on any atom is -0.352 e. The van der Waals surface area contributed by atoms with E-state index >= 15 is 0 Å². The molecule has 0 atom stereocenters. The van der Waals surface area contributed by atoms with Crippen LogP contribution in [0.4, 0.5) is 4.39 Å². The monoisotopic (exact) mass is 350 g/mol. The third-order valence-electron chi connectivity index (χ3n) is 5.35. The largest absolute Gasteiger partial charge is 0.352 e. The van der Waals surface area contributed by atoms with E-state index in [-0.39, 0.29) is 11.7 Å². The molecule has 24 heavy (non-hydrogen) atoms. The number of amides is 1. The first-order valence-corrected chi connectivity index (χ1v) is 10.1. The molecule has 0 aromatic heterocycles. The van der Waals surface area contributed by atoms with Crippen molar-refractivity contribution in [2.45, 2.75) is 38.6 Å². The summed E-state index contributed by atoms with van der Waals surface area (Å²) in [4.78, 5) is 14.9. The van der Waals surface area contributed by atoms with Gasteiger partial charge in [-0.3, -0.25) is 4.79 Å². The van der Waals surface area contributed by atoms with E-state index in [1.54, 1.807) is 6.07 Å². The number of hydrogen-bond donors (Lipinski definition) is 1. The van der Waals surface area contributed by atoms with Crippen LogP contribution < -0.4 is 5.32 Å². The summed E-state index contributed by atoms with van der Waals surface area (Å²) < 4.78 is 13.3. The number of benzene rings is 1. The Bertz CT molecular complexity index is 566. The van der Waals surface area contributed by atoms with Gasteiger partial charge >= 0.3 is 0 Å². The van der Waals surface area contributed by atoms with Crippen molar-refractivity contribution >= 4 is 17.7 Å². The number of hydrogen-bond acceptors (Lipinski definition) is 3. The fourth-order valence-corrected chi connectivity index (χ4v) is 4.83. The van der Waals surface area contributed by atoms with Gasteiger partial charge in [0, 0.05) is 18.2 Å². The molecule has 2 saturated heterocycles. The molecule has 1 amide bonds. The number of aryl methyl sites for hydroxylation is 1. The van der Waals surface area contributed by atoms with Crippen LogP contribution in [-0.4, -0.2) is 48.0 Å². The summed E-state index contributed by atoms with van der Waals surface area (Å²) in [6, 6.07) is 5.15. The number of piperidine rings is 1. The minimum atomic E-state index is -0.357. The topological polar surface area (TPSA) is 32.3 Å². The summed E-state index contributed by atoms with van der Waals surface area (Å²) in [6.45, 7) is 4.84. The molecular weight excluding hydrogens is 323 g/mol. The Balaban J connectivity index is 1.44. The van der Waals surface area contributed by atoms with Crippen LogP contribution in [0.25, 0.3) is 0 Å². The van der Waals surface area contributed by atoms with E-state index in [1.807, 2.05) is 6.92 Å². The lowest BCUT2D eigenvalue weighted by molar-refractivity contribution is 0.0919. The third-order valence-corrected chi connectivity index (χ3v) is 6.40. The fraction of sp³-hybridized carbons (Fsp3) is 0.632. The van der Waals surface area contributed by atoms with Crippen molar-refractivity contribution < 1.29 is 9.18 Å². The molecule has 1 aromatic rings. The number of thioether (sulfide) groups is 1. The number of rotatable bonds is 4. The van der Waals surface area contributed by atoms with Crippen molar-refractivity contribution in [3.05, 3.63) is 35.1 Å². The number of nitrogens with one attached hydrogen (secondary N) is 1. The Kier molecular flexibility index (Phi) is 6.17. The van der Waals surface area contributed by atoms with Crippen molar-refractivity contribution in [3.8, 4) is 0 Å². The molecule has 132 valence electrons. The van der Waals surface area contributed by atoms with E-state index in [1.165, 1.54) is 36.5 Å². The average molecular weight is 351 g/mol. The lowest BCUT2D eigenvalue weighted by atomic mass is 9.94. The van der Waals surface area contributed by atoms with Gasteiger partial charge in [-0.1, -0.05) is 6.07 Å². The van der Waals surface area contributed by atoms with Crippen LogP contribution in [0.1, 0.15) is 41.6 Å². The molecule has 2 heterocycles. The van der Waals surface area contributed by atoms with Gasteiger partial charge in [0.25, 0.3) is 5.91 Å². The molecule has 0 unspecified atom stereocenters. The highest BCUT2D eigenvalue weighted by molar-refractivity contribution is 7.99. The molecule has 0 bridgehead atoms. The van der Waals surface area contributed by atoms with Gasteiger partial charge in [-0.05, 0) is 80.8 Å². The summed E-state index contributed by atoms with van der Waals surface area (Å²) in [5, 5.41) is 3.00. The summed E-state index contributed by atoms with van der Waals surface area (Å²) >= 11 is 2.07. The SMILES string of the molecule is Cc1ccc(F)cc1C(=O)NCC1CCN(C2CCSCC2)CC1. The van der Waals surface area contributed by atoms with Crippen LogP contribution in [0, 0.1) is 18.7 Å². The first-order chi connectivity index (χ1) is 11.6. The Morgan fingerprint density at radius 3 is 2.67 bits per heavy atom. The normalized spacial score (nSPS) is 20.9. The maximum Gasteiger partial charge on any atom is 0.251 e. The zero-order chi connectivity index (χ0) is 16.9. The van der Waals surface area contributed by atoms with Gasteiger partial charge in [0.2, 0.25) is 0 Å². The van der Waals surface area contributed by atoms with Crippen LogP contribution in [0.5, 0.6) is 0 Å². The molecule has 3 rings (SSSR count). The molecule has 0 radical (unpaired) electrons. The summed E-state index contributed by atoms with van der Waals surface area (Å²) in [5.74, 6) is 2.63. The van der Waals surface area contributed by atoms with E-state index in [4.69, 9.17) is 0 Å². The van der Waals surface area contributed by atoms with E-state index < -0.39 is 0 Å². The third kappa shape index (κ3) is 4.51. The maximum absolute atomic E-state index is 13.3. The molecule has 5 heteroatoms. The smallest absolute Gasteiger partial charge is 0.251 e. The van der Waals surface area contributed by atoms with Crippen molar-refractivity contribution in [3.63, 3.8) is 0 Å². The first kappa shape index (κ1) is 17.7. The predicted octanol–water partition coefficient (Wildman–Crippen LogP) is 3.47. The van der Waals surface area contributed by atoms with Gasteiger partial charge in [0.1, 0.15) is 5.82 Å². The molecule has 3 nitrogen and oxygen atoms in total. The molecule has 0 aliphatic carbocycles. The van der Waals surface area contributed by atoms with Gasteiger partial charge in [-0.15, -0.1) is 0 Å². The Morgan fingerprint density at radius 2 is 1.96 bits per heavy atom. The molecule has 0 saturated carbocycles. The summed E-state index contributed by atoms with van der Waals surface area (Å²) in [7, 11) is 0. The zero-order valence-electron chi connectivity index (χ0n) is 14.4. The number of nitrogens with zero attached hydrogens (tertiary/aromatic N) is 1. The average Bonchev–Trinajstić information content (AvgIpc) is 2.63. The van der Waals surface area contributed by atoms with Gasteiger partial charge < -0.3 is 10.2 Å². The fourth-order valence-electron chi connectivity index (χ4n) is 3.74. The minimum absolute atomic E-state index is 0.154. The van der Waals surface area contributed by atoms with Crippen LogP contribution >= 0.6 is 11.8 Å². The van der Waals surface area contributed by atoms with Gasteiger partial charge in [-0.2, -0.15) is 11.8 Å². The van der Waals surface area contributed by atoms with E-state index in [9.17, 15) is 9.18 Å². The zero-order valence-corrected chi connectivity index (χ0v) is 15.2. The standard InChI is InChI=1S/C19H27FN2OS/c1-14-2-3-16(20)12-18(14)19(23)21-13-15-4-8-22(9-5-15)17-6-10-24-11-7-17/h2-3,12,15,17H,4-11,13H2,1H3,(H,21,23). The lowest BCUT2D eigenvalue weighted by Gasteiger charge is -2.39. The Morgan fingerprint density at radius 1 is 1.25 bits per heavy atom. The number of carbonyl (C=O) groups excluding carboxylic acids is 1. The summed E-state index contributed by atoms with van der Waals surface area (Å²) in [6.07, 6.45) is 4.94. The number of carbonyl (C=O) groups is 1. The highest BCUT2D eigenvalue weighted by Gasteiger charge is 2.26. The molecule has 1 N–H and O–H groups in total. The molecular formula is C19H27FN2OS. The Hall–Kier alpha value is -1.07. The van der Waals surface area contributed by atoms with Crippen LogP contribution in [0.2, 0.25) is 0 Å². The lowest BCUT2D eigenvalue weighted by Crippen LogP contribution is -2.45. The molecule has 1 aromatic carbocycles. The van der Waals surface area contributed by atoms with Crippen LogP contribution in [0.3, 0.4) is 0 Å². The molecule has 2 aliphatic heterocycles. The molecule has 2 aliphatic rings. The summed E-state index contributed by atoms with van der Waals surface area (Å²) in [5.41, 5.74) is 1.27. The van der Waals surface area contributed by atoms with Crippen molar-refractivity contribution in [1.82, 2.24) is 10.2 Å². The van der Waals surface area contributed by atoms with E-state index in [2.05, 4.69) is 22.0 Å². The quantitative estimate of drug-likeness (QED) is 0.902. The van der Waals surface area contributed by atoms with E-state index in [0.717, 1.165) is 37.5 Å². The molecule has 2 fully saturated rings. The highest BCUT2D eigenvalue weighted by atomic mass is 32.2. The second-order valence-electron chi connectivity index (χ2n) is 6.99. The van der Waals surface area contributed by atoms with Crippen LogP contribution in [0.15, 0.2) is 18.2 Å². The van der Waals surface area contributed by atoms with Crippen molar-refractivity contribution in [1.29, 1.82) is 0 Å². The predicted molar refractivity (Wildman–Crippen MR) is 98.1 cm³/mol. The number of likely N-dealkylation sites (tertiary alicyclic amines) is 1. The van der Waals surface area contributed by atoms with E-state index in [0.29, 0.717) is 18.0 Å². The van der Waals surface area contributed by atoms with Crippen LogP contribution in [-0.2, 0) is 0 Å². The van der Waals surface area contributed by atoms with Crippen molar-refractivity contribution in [2.24, 2.45) is 5.92 Å².